The van der Waals surface area contributed by atoms with E-state index in [2.05, 4.69) is 99.9 Å². The maximum atomic E-state index is 14.0. The van der Waals surface area contributed by atoms with Crippen LogP contribution >= 0.6 is 11.6 Å². The fourth-order valence-corrected chi connectivity index (χ4v) is 17.6. The Bertz CT molecular complexity index is 1500. The van der Waals surface area contributed by atoms with Gasteiger partial charge in [-0.2, -0.15) is 0 Å². The second-order valence-corrected chi connectivity index (χ2v) is 30.2. The van der Waals surface area contributed by atoms with Crippen LogP contribution in [0.4, 0.5) is 0 Å². The number of allylic oxidation sites excluding steroid dienone is 1. The van der Waals surface area contributed by atoms with Gasteiger partial charge in [-0.3, -0.25) is 4.79 Å². The molecule has 58 heavy (non-hydrogen) atoms. The third kappa shape index (κ3) is 10.9. The van der Waals surface area contributed by atoms with Crippen LogP contribution in [-0.4, -0.2) is 108 Å². The number of ether oxygens (including phenoxy) is 6. The van der Waals surface area contributed by atoms with Crippen molar-refractivity contribution in [1.82, 2.24) is 0 Å². The molecule has 4 rings (SSSR count). The van der Waals surface area contributed by atoms with E-state index in [-0.39, 0.29) is 35.7 Å². The maximum absolute atomic E-state index is 14.0. The molecule has 1 N–H and O–H groups in total. The summed E-state index contributed by atoms with van der Waals surface area (Å²) in [5, 5.41) is 12.6. The molecular formula is C45H77ClO10Si2. The van der Waals surface area contributed by atoms with Crippen LogP contribution in [0.3, 0.4) is 0 Å². The highest BCUT2D eigenvalue weighted by Crippen LogP contribution is 2.49. The van der Waals surface area contributed by atoms with E-state index in [0.29, 0.717) is 23.0 Å². The summed E-state index contributed by atoms with van der Waals surface area (Å²) >= 11 is 6.13. The van der Waals surface area contributed by atoms with Gasteiger partial charge in [0.05, 0.1) is 24.4 Å². The largest absolute Gasteiger partial charge is 0.457 e. The van der Waals surface area contributed by atoms with Gasteiger partial charge in [0.25, 0.3) is 0 Å². The van der Waals surface area contributed by atoms with Crippen LogP contribution in [0.15, 0.2) is 23.8 Å². The summed E-state index contributed by atoms with van der Waals surface area (Å²) in [6.45, 7) is 32.1. The van der Waals surface area contributed by atoms with Crippen molar-refractivity contribution in [1.29, 1.82) is 0 Å². The molecule has 0 unspecified atom stereocenters. The zero-order valence-corrected chi connectivity index (χ0v) is 41.3. The number of cyclic esters (lactones) is 1. The van der Waals surface area contributed by atoms with E-state index < -0.39 is 82.8 Å². The van der Waals surface area contributed by atoms with Crippen molar-refractivity contribution in [2.24, 2.45) is 23.7 Å². The Morgan fingerprint density at radius 2 is 1.59 bits per heavy atom. The van der Waals surface area contributed by atoms with Gasteiger partial charge in [-0.1, -0.05) is 78.9 Å². The number of hydrogen-bond donors (Lipinski definition) is 1. The lowest BCUT2D eigenvalue weighted by molar-refractivity contribution is -0.365. The van der Waals surface area contributed by atoms with Crippen molar-refractivity contribution in [2.45, 2.75) is 204 Å². The van der Waals surface area contributed by atoms with Gasteiger partial charge in [0, 0.05) is 50.2 Å². The number of rotatable bonds is 12. The van der Waals surface area contributed by atoms with Gasteiger partial charge >= 0.3 is 5.97 Å². The van der Waals surface area contributed by atoms with Crippen molar-refractivity contribution in [3.05, 3.63) is 23.8 Å². The Hall–Kier alpha value is -1.09. The number of hydrogen-bond acceptors (Lipinski definition) is 10. The van der Waals surface area contributed by atoms with Crippen molar-refractivity contribution in [3.8, 4) is 11.8 Å². The first-order chi connectivity index (χ1) is 26.8. The first-order valence-corrected chi connectivity index (χ1v) is 27.7. The lowest BCUT2D eigenvalue weighted by Crippen LogP contribution is -2.72. The average molecular weight is 870 g/mol. The van der Waals surface area contributed by atoms with Gasteiger partial charge in [0.15, 0.2) is 20.4 Å². The highest BCUT2D eigenvalue weighted by atomic mass is 35.5. The minimum atomic E-state index is -2.41. The molecule has 15 atom stereocenters. The lowest BCUT2D eigenvalue weighted by Gasteiger charge is -2.58. The summed E-state index contributed by atoms with van der Waals surface area (Å²) in [5.74, 6) is 2.34. The Morgan fingerprint density at radius 1 is 0.983 bits per heavy atom. The first kappa shape index (κ1) is 49.6. The summed E-state index contributed by atoms with van der Waals surface area (Å²) in [6, 6.07) is 0. The van der Waals surface area contributed by atoms with Crippen LogP contribution in [0.2, 0.25) is 36.3 Å². The van der Waals surface area contributed by atoms with E-state index in [1.807, 2.05) is 13.8 Å². The lowest BCUT2D eigenvalue weighted by atomic mass is 9.77. The number of halogens is 1. The molecule has 1 saturated carbocycles. The molecule has 2 saturated heterocycles. The van der Waals surface area contributed by atoms with E-state index in [1.165, 1.54) is 0 Å². The van der Waals surface area contributed by atoms with Crippen molar-refractivity contribution in [3.63, 3.8) is 0 Å². The van der Waals surface area contributed by atoms with Crippen LogP contribution in [0, 0.1) is 35.5 Å². The minimum Gasteiger partial charge on any atom is -0.457 e. The van der Waals surface area contributed by atoms with E-state index in [1.54, 1.807) is 33.3 Å². The molecule has 3 aliphatic heterocycles. The molecule has 4 aliphatic rings. The SMILES string of the molecule is CO[C@@H]1/C=C(\C)C[C@H](/C=C/C#C[C@H]2C[C@@H]2Cl)OC(=O)[C@@H](C)[C@]2(O)C[C@H](O[C@@H]3O[C@@H](C)[C@H](O[Si](C(C)C)(C(C)C)C(C)C)[C@@](C)(O[Si](C)(C)C)[C@H]3OC)[C@@H](C)[C@@H](O2)[C@@H]1C. The summed E-state index contributed by atoms with van der Waals surface area (Å²) < 4.78 is 53.9. The molecule has 0 radical (unpaired) electrons. The third-order valence-electron chi connectivity index (χ3n) is 13.2. The molecule has 0 spiro atoms. The predicted octanol–water partition coefficient (Wildman–Crippen LogP) is 9.15. The van der Waals surface area contributed by atoms with Gasteiger partial charge in [-0.05, 0) is 82.5 Å². The van der Waals surface area contributed by atoms with E-state index in [9.17, 15) is 9.90 Å². The summed E-state index contributed by atoms with van der Waals surface area (Å²) in [7, 11) is -1.30. The van der Waals surface area contributed by atoms with E-state index >= 15 is 0 Å². The maximum Gasteiger partial charge on any atom is 0.314 e. The number of aliphatic hydroxyl groups is 1. The molecule has 3 heterocycles. The molecule has 1 aliphatic carbocycles. The molecule has 0 amide bonds. The van der Waals surface area contributed by atoms with Gasteiger partial charge in [0.2, 0.25) is 8.32 Å². The fourth-order valence-electron chi connectivity index (χ4n) is 10.1. The van der Waals surface area contributed by atoms with Gasteiger partial charge in [0.1, 0.15) is 29.8 Å². The highest BCUT2D eigenvalue weighted by Gasteiger charge is 2.62. The first-order valence-electron chi connectivity index (χ1n) is 21.7. The fraction of sp³-hybridized carbons (Fsp3) is 0.844. The highest BCUT2D eigenvalue weighted by molar-refractivity contribution is 6.77. The van der Waals surface area contributed by atoms with Crippen LogP contribution in [-0.2, 0) is 42.1 Å². The molecule has 0 aromatic heterocycles. The van der Waals surface area contributed by atoms with Crippen molar-refractivity contribution in [2.75, 3.05) is 14.2 Å². The number of alkyl halides is 1. The number of fused-ring (bicyclic) bond motifs is 2. The minimum absolute atomic E-state index is 0.00655. The zero-order chi connectivity index (χ0) is 43.7. The second kappa shape index (κ2) is 19.5. The Labute approximate surface area is 358 Å². The monoisotopic (exact) mass is 868 g/mol. The summed E-state index contributed by atoms with van der Waals surface area (Å²) in [4.78, 5) is 14.0. The molecule has 13 heteroatoms. The number of carbonyl (C=O) groups excluding carboxylic acids is 1. The molecule has 0 aromatic rings. The smallest absolute Gasteiger partial charge is 0.314 e. The molecule has 3 fully saturated rings. The topological polar surface area (TPSA) is 111 Å². The standard InChI is InChI=1S/C45H77ClO10Si2/c1-26(2)58(27(3)4,28(5)6)55-40-33(11)51-43(41(50-14)44(40,12)56-57(15,16)17)53-38-25-45(48)32(10)42(47)52-35(21-19-18-20-34-24-36(34)46)22-29(7)23-37(49-13)30(8)39(54-45)31(38)9/h19,21,23,26-28,30-41,43,48H,22,24-25H2,1-17H3/b21-19+,29-23+/t30-,31-,32-,33+,34+,35+,36+,37-,38+,39+,40+,41+,43+,44-,45+/m1/s1. The molecule has 2 bridgehead atoms. The third-order valence-corrected chi connectivity index (χ3v) is 20.8. The average Bonchev–Trinajstić information content (AvgIpc) is 3.82. The molecule has 332 valence electrons. The molecular weight excluding hydrogens is 792 g/mol. The molecule has 0 aromatic carbocycles. The zero-order valence-electron chi connectivity index (χ0n) is 38.6. The summed E-state index contributed by atoms with van der Waals surface area (Å²) in [5.41, 5.74) is 1.09. The quantitative estimate of drug-likeness (QED) is 0.0671. The Morgan fingerprint density at radius 3 is 2.10 bits per heavy atom. The van der Waals surface area contributed by atoms with Gasteiger partial charge < -0.3 is 42.4 Å². The predicted molar refractivity (Wildman–Crippen MR) is 234 cm³/mol. The number of carbonyl (C=O) groups is 1. The number of methoxy groups -OCH3 is 2. The van der Waals surface area contributed by atoms with Crippen LogP contribution in [0.5, 0.6) is 0 Å². The second-order valence-electron chi connectivity index (χ2n) is 19.8. The normalized spacial score (nSPS) is 41.4. The van der Waals surface area contributed by atoms with Crippen LogP contribution < -0.4 is 0 Å². The van der Waals surface area contributed by atoms with E-state index in [4.69, 9.17) is 48.9 Å². The van der Waals surface area contributed by atoms with Gasteiger partial charge in [-0.15, -0.1) is 11.6 Å². The summed E-state index contributed by atoms with van der Waals surface area (Å²) in [6.07, 6.45) is 2.30. The Balaban J connectivity index is 1.73. The van der Waals surface area contributed by atoms with Gasteiger partial charge in [-0.25, -0.2) is 0 Å². The van der Waals surface area contributed by atoms with Crippen molar-refractivity contribution < 1.29 is 47.2 Å². The van der Waals surface area contributed by atoms with Crippen molar-refractivity contribution >= 4 is 34.2 Å². The van der Waals surface area contributed by atoms with E-state index in [0.717, 1.165) is 12.0 Å². The molecule has 10 nitrogen and oxygen atoms in total. The number of esters is 1. The Kier molecular flexibility index (Phi) is 16.7. The van der Waals surface area contributed by atoms with Crippen LogP contribution in [0.1, 0.15) is 102 Å². The van der Waals surface area contributed by atoms with Crippen LogP contribution in [0.25, 0.3) is 0 Å².